The van der Waals surface area contributed by atoms with E-state index in [0.29, 0.717) is 50.1 Å². The van der Waals surface area contributed by atoms with Gasteiger partial charge in [0, 0.05) is 27.7 Å². The van der Waals surface area contributed by atoms with Crippen molar-refractivity contribution in [1.29, 1.82) is 5.26 Å². The molecule has 0 radical (unpaired) electrons. The van der Waals surface area contributed by atoms with Crippen molar-refractivity contribution in [2.75, 3.05) is 26.1 Å². The fourth-order valence-electron chi connectivity index (χ4n) is 3.33. The van der Waals surface area contributed by atoms with Gasteiger partial charge in [0.2, 0.25) is 0 Å². The van der Waals surface area contributed by atoms with E-state index in [9.17, 15) is 10.1 Å². The number of hydrogen-bond donors (Lipinski definition) is 1. The Labute approximate surface area is 240 Å². The van der Waals surface area contributed by atoms with Crippen LogP contribution in [0.2, 0.25) is 20.1 Å². The standard InChI is InChI=1S/C27H22Cl4N2O5/c1-4-37-25-9-15(8-21(31)26(25)38-14-16-5-6-18(28)10-19(16)29)7-17(13-32)27(34)33-22-12-23(35-2)20(30)11-24(22)36-3/h5-12H,4,14H2,1-3H3,(H,33,34)/b17-7+. The molecule has 7 nitrogen and oxygen atoms in total. The summed E-state index contributed by atoms with van der Waals surface area (Å²) in [6, 6.07) is 13.1. The van der Waals surface area contributed by atoms with Crippen molar-refractivity contribution in [3.05, 3.63) is 79.3 Å². The lowest BCUT2D eigenvalue weighted by atomic mass is 10.1. The minimum absolute atomic E-state index is 0.114. The van der Waals surface area contributed by atoms with E-state index >= 15 is 0 Å². The van der Waals surface area contributed by atoms with Crippen molar-refractivity contribution >= 4 is 64.1 Å². The van der Waals surface area contributed by atoms with Gasteiger partial charge in [0.1, 0.15) is 29.7 Å². The second-order valence-corrected chi connectivity index (χ2v) is 9.26. The van der Waals surface area contributed by atoms with Crippen molar-refractivity contribution in [3.63, 3.8) is 0 Å². The zero-order chi connectivity index (χ0) is 27.8. The molecule has 1 N–H and O–H groups in total. The summed E-state index contributed by atoms with van der Waals surface area (Å²) < 4.78 is 22.1. The number of rotatable bonds is 10. The first kappa shape index (κ1) is 29.3. The topological polar surface area (TPSA) is 89.8 Å². The first-order valence-corrected chi connectivity index (χ1v) is 12.6. The molecule has 0 bridgehead atoms. The largest absolute Gasteiger partial charge is 0.495 e. The average molecular weight is 596 g/mol. The number of ether oxygens (including phenoxy) is 4. The molecule has 0 heterocycles. The van der Waals surface area contributed by atoms with E-state index < -0.39 is 5.91 Å². The summed E-state index contributed by atoms with van der Waals surface area (Å²) in [5.41, 5.74) is 1.23. The summed E-state index contributed by atoms with van der Waals surface area (Å²) in [5, 5.41) is 13.8. The Balaban J connectivity index is 1.89. The summed E-state index contributed by atoms with van der Waals surface area (Å²) in [4.78, 5) is 12.9. The van der Waals surface area contributed by atoms with Crippen LogP contribution in [0.1, 0.15) is 18.1 Å². The first-order valence-electron chi connectivity index (χ1n) is 11.1. The molecule has 38 heavy (non-hydrogen) atoms. The Kier molecular flexibility index (Phi) is 10.4. The molecule has 0 aliphatic carbocycles. The van der Waals surface area contributed by atoms with Crippen molar-refractivity contribution in [2.45, 2.75) is 13.5 Å². The molecule has 0 aliphatic heterocycles. The van der Waals surface area contributed by atoms with Crippen LogP contribution in [-0.4, -0.2) is 26.7 Å². The number of carbonyl (C=O) groups excluding carboxylic acids is 1. The number of halogens is 4. The Bertz CT molecular complexity index is 1420. The van der Waals surface area contributed by atoms with Gasteiger partial charge in [-0.15, -0.1) is 0 Å². The number of nitriles is 1. The molecular formula is C27H22Cl4N2O5. The minimum Gasteiger partial charge on any atom is -0.495 e. The van der Waals surface area contributed by atoms with Gasteiger partial charge in [0.25, 0.3) is 5.91 Å². The van der Waals surface area contributed by atoms with Crippen LogP contribution in [-0.2, 0) is 11.4 Å². The van der Waals surface area contributed by atoms with Gasteiger partial charge in [-0.25, -0.2) is 0 Å². The SMILES string of the molecule is CCOc1cc(/C=C(\C#N)C(=O)Nc2cc(OC)c(Cl)cc2OC)cc(Cl)c1OCc1ccc(Cl)cc1Cl. The molecular weight excluding hydrogens is 574 g/mol. The Morgan fingerprint density at radius 3 is 2.29 bits per heavy atom. The maximum Gasteiger partial charge on any atom is 0.266 e. The third-order valence-corrected chi connectivity index (χ3v) is 6.28. The predicted molar refractivity (Wildman–Crippen MR) is 150 cm³/mol. The predicted octanol–water partition coefficient (Wildman–Crippen LogP) is 7.84. The van der Waals surface area contributed by atoms with Crippen molar-refractivity contribution in [3.8, 4) is 29.1 Å². The minimum atomic E-state index is -0.679. The van der Waals surface area contributed by atoms with Gasteiger partial charge in [-0.05, 0) is 42.8 Å². The summed E-state index contributed by atoms with van der Waals surface area (Å²) in [7, 11) is 2.87. The Hall–Kier alpha value is -3.28. The third-order valence-electron chi connectivity index (χ3n) is 5.12. The molecule has 0 fully saturated rings. The number of amides is 1. The van der Waals surface area contributed by atoms with Crippen LogP contribution in [0.3, 0.4) is 0 Å². The van der Waals surface area contributed by atoms with E-state index in [4.69, 9.17) is 65.4 Å². The van der Waals surface area contributed by atoms with Gasteiger partial charge in [-0.3, -0.25) is 4.79 Å². The molecule has 3 rings (SSSR count). The number of methoxy groups -OCH3 is 2. The fraction of sp³-hybridized carbons (Fsp3) is 0.185. The van der Waals surface area contributed by atoms with Crippen LogP contribution in [0.5, 0.6) is 23.0 Å². The van der Waals surface area contributed by atoms with E-state index in [1.165, 1.54) is 32.4 Å². The molecule has 0 unspecified atom stereocenters. The van der Waals surface area contributed by atoms with Gasteiger partial charge < -0.3 is 24.3 Å². The maximum absolute atomic E-state index is 12.9. The fourth-order valence-corrected chi connectivity index (χ4v) is 4.29. The summed E-state index contributed by atoms with van der Waals surface area (Å²) >= 11 is 24.8. The highest BCUT2D eigenvalue weighted by molar-refractivity contribution is 6.35. The smallest absolute Gasteiger partial charge is 0.266 e. The molecule has 0 atom stereocenters. The monoisotopic (exact) mass is 594 g/mol. The van der Waals surface area contributed by atoms with E-state index in [1.54, 1.807) is 37.3 Å². The van der Waals surface area contributed by atoms with Crippen LogP contribution in [0.25, 0.3) is 6.08 Å². The molecule has 0 saturated heterocycles. The van der Waals surface area contributed by atoms with Crippen LogP contribution in [0.15, 0.2) is 48.0 Å². The number of hydrogen-bond acceptors (Lipinski definition) is 6. The number of anilines is 1. The van der Waals surface area contributed by atoms with Crippen LogP contribution < -0.4 is 24.3 Å². The van der Waals surface area contributed by atoms with Crippen molar-refractivity contribution in [2.24, 2.45) is 0 Å². The first-order chi connectivity index (χ1) is 18.2. The molecule has 198 valence electrons. The van der Waals surface area contributed by atoms with Crippen molar-refractivity contribution in [1.82, 2.24) is 0 Å². The van der Waals surface area contributed by atoms with E-state index in [1.807, 2.05) is 6.07 Å². The van der Waals surface area contributed by atoms with Crippen molar-refractivity contribution < 1.29 is 23.7 Å². The normalized spacial score (nSPS) is 10.9. The third kappa shape index (κ3) is 7.18. The number of carbonyl (C=O) groups is 1. The number of nitrogens with zero attached hydrogens (tertiary/aromatic N) is 1. The highest BCUT2D eigenvalue weighted by Gasteiger charge is 2.18. The van der Waals surface area contributed by atoms with E-state index in [-0.39, 0.29) is 28.6 Å². The number of benzene rings is 3. The summed E-state index contributed by atoms with van der Waals surface area (Å²) in [6.07, 6.45) is 1.38. The maximum atomic E-state index is 12.9. The zero-order valence-corrected chi connectivity index (χ0v) is 23.6. The zero-order valence-electron chi connectivity index (χ0n) is 20.5. The van der Waals surface area contributed by atoms with Crippen LogP contribution >= 0.6 is 46.4 Å². The van der Waals surface area contributed by atoms with Crippen LogP contribution in [0.4, 0.5) is 5.69 Å². The molecule has 11 heteroatoms. The number of nitrogens with one attached hydrogen (secondary N) is 1. The summed E-state index contributed by atoms with van der Waals surface area (Å²) in [5.74, 6) is 0.567. The molecule has 1 amide bonds. The van der Waals surface area contributed by atoms with Gasteiger partial charge >= 0.3 is 0 Å². The second kappa shape index (κ2) is 13.5. The molecule has 3 aromatic carbocycles. The van der Waals surface area contributed by atoms with Gasteiger partial charge in [0.05, 0.1) is 36.6 Å². The lowest BCUT2D eigenvalue weighted by Crippen LogP contribution is -2.14. The molecule has 3 aromatic rings. The molecule has 0 aliphatic rings. The second-order valence-electron chi connectivity index (χ2n) is 7.60. The molecule has 0 saturated carbocycles. The van der Waals surface area contributed by atoms with Crippen LogP contribution in [0, 0.1) is 11.3 Å². The highest BCUT2D eigenvalue weighted by Crippen LogP contribution is 2.39. The average Bonchev–Trinajstić information content (AvgIpc) is 2.88. The van der Waals surface area contributed by atoms with Gasteiger partial charge in [-0.2, -0.15) is 5.26 Å². The van der Waals surface area contributed by atoms with Gasteiger partial charge in [-0.1, -0.05) is 52.5 Å². The Morgan fingerprint density at radius 1 is 0.921 bits per heavy atom. The highest BCUT2D eigenvalue weighted by atomic mass is 35.5. The summed E-state index contributed by atoms with van der Waals surface area (Å²) in [6.45, 7) is 2.24. The van der Waals surface area contributed by atoms with E-state index in [0.717, 1.165) is 0 Å². The molecule has 0 aromatic heterocycles. The lowest BCUT2D eigenvalue weighted by molar-refractivity contribution is -0.112. The molecule has 0 spiro atoms. The Morgan fingerprint density at radius 2 is 1.66 bits per heavy atom. The van der Waals surface area contributed by atoms with Gasteiger partial charge in [0.15, 0.2) is 11.5 Å². The van der Waals surface area contributed by atoms with E-state index in [2.05, 4.69) is 5.32 Å². The lowest BCUT2D eigenvalue weighted by Gasteiger charge is -2.15. The quantitative estimate of drug-likeness (QED) is 0.190.